The first-order chi connectivity index (χ1) is 9.16. The minimum absolute atomic E-state index is 0.530. The largest absolute Gasteiger partial charge is 0.342 e. The number of aromatic nitrogens is 1. The molecule has 0 bridgehead atoms. The van der Waals surface area contributed by atoms with E-state index in [0.717, 1.165) is 0 Å². The van der Waals surface area contributed by atoms with Gasteiger partial charge in [-0.2, -0.15) is 0 Å². The van der Waals surface area contributed by atoms with Crippen molar-refractivity contribution >= 4 is 10.9 Å². The van der Waals surface area contributed by atoms with Gasteiger partial charge in [-0.25, -0.2) is 0 Å². The summed E-state index contributed by atoms with van der Waals surface area (Å²) in [5, 5.41) is 1.39. The zero-order valence-electron chi connectivity index (χ0n) is 12.3. The molecule has 1 saturated heterocycles. The van der Waals surface area contributed by atoms with Gasteiger partial charge in [0.15, 0.2) is 0 Å². The van der Waals surface area contributed by atoms with Crippen LogP contribution in [0.4, 0.5) is 0 Å². The molecule has 3 rings (SSSR count). The molecule has 2 heteroatoms. The molecule has 0 spiro atoms. The molecule has 19 heavy (non-hydrogen) atoms. The fourth-order valence-corrected chi connectivity index (χ4v) is 3.50. The van der Waals surface area contributed by atoms with Crippen LogP contribution in [0.2, 0.25) is 0 Å². The lowest BCUT2D eigenvalue weighted by molar-refractivity contribution is 0.245. The maximum Gasteiger partial charge on any atom is 0.0485 e. The average molecular weight is 256 g/mol. The van der Waals surface area contributed by atoms with Crippen molar-refractivity contribution in [3.05, 3.63) is 36.0 Å². The molecule has 1 aliphatic rings. The number of nitrogens with zero attached hydrogens (tertiary/aromatic N) is 2. The fraction of sp³-hybridized carbons (Fsp3) is 0.529. The van der Waals surface area contributed by atoms with Crippen molar-refractivity contribution in [1.29, 1.82) is 0 Å². The van der Waals surface area contributed by atoms with Gasteiger partial charge >= 0.3 is 0 Å². The van der Waals surface area contributed by atoms with E-state index in [2.05, 4.69) is 60.7 Å². The molecule has 0 saturated carbocycles. The highest BCUT2D eigenvalue weighted by atomic mass is 15.1. The first-order valence-electron chi connectivity index (χ1n) is 7.45. The minimum atomic E-state index is 0.530. The van der Waals surface area contributed by atoms with E-state index in [0.29, 0.717) is 12.0 Å². The normalized spacial score (nSPS) is 21.4. The van der Waals surface area contributed by atoms with E-state index in [9.17, 15) is 0 Å². The molecular weight excluding hydrogens is 232 g/mol. The van der Waals surface area contributed by atoms with Crippen LogP contribution in [0.3, 0.4) is 0 Å². The summed E-state index contributed by atoms with van der Waals surface area (Å²) in [6, 6.07) is 11.7. The second kappa shape index (κ2) is 5.01. The number of benzene rings is 1. The summed E-state index contributed by atoms with van der Waals surface area (Å²) in [5.74, 6) is 0.688. The minimum Gasteiger partial charge on any atom is -0.342 e. The first kappa shape index (κ1) is 12.7. The van der Waals surface area contributed by atoms with E-state index in [1.165, 1.54) is 42.5 Å². The van der Waals surface area contributed by atoms with Crippen LogP contribution in [-0.4, -0.2) is 29.6 Å². The highest BCUT2D eigenvalue weighted by molar-refractivity contribution is 5.81. The summed E-state index contributed by atoms with van der Waals surface area (Å²) in [4.78, 5) is 2.47. The van der Waals surface area contributed by atoms with Gasteiger partial charge in [0.2, 0.25) is 0 Å². The lowest BCUT2D eigenvalue weighted by Crippen LogP contribution is -2.31. The molecule has 1 aromatic carbocycles. The molecule has 1 atom stereocenters. The molecule has 0 aliphatic carbocycles. The lowest BCUT2D eigenvalue weighted by atomic mass is 9.94. The van der Waals surface area contributed by atoms with E-state index < -0.39 is 0 Å². The molecule has 0 N–H and O–H groups in total. The Kier molecular flexibility index (Phi) is 3.36. The van der Waals surface area contributed by atoms with E-state index in [-0.39, 0.29) is 0 Å². The number of hydrogen-bond acceptors (Lipinski definition) is 1. The van der Waals surface area contributed by atoms with E-state index in [1.807, 2.05) is 0 Å². The Labute approximate surface area is 116 Å². The summed E-state index contributed by atoms with van der Waals surface area (Å²) < 4.78 is 2.54. The van der Waals surface area contributed by atoms with Crippen molar-refractivity contribution in [2.75, 3.05) is 20.1 Å². The number of piperidine rings is 1. The van der Waals surface area contributed by atoms with Gasteiger partial charge in [-0.05, 0) is 57.8 Å². The summed E-state index contributed by atoms with van der Waals surface area (Å²) in [6.07, 6.45) is 2.65. The molecule has 1 fully saturated rings. The monoisotopic (exact) mass is 256 g/mol. The van der Waals surface area contributed by atoms with Gasteiger partial charge in [-0.15, -0.1) is 0 Å². The molecule has 2 nitrogen and oxygen atoms in total. The van der Waals surface area contributed by atoms with Gasteiger partial charge < -0.3 is 9.47 Å². The van der Waals surface area contributed by atoms with Gasteiger partial charge in [0.05, 0.1) is 0 Å². The Bertz CT molecular complexity index is 568. The summed E-state index contributed by atoms with van der Waals surface area (Å²) in [5.41, 5.74) is 2.92. The highest BCUT2D eigenvalue weighted by Crippen LogP contribution is 2.33. The van der Waals surface area contributed by atoms with Crippen LogP contribution in [-0.2, 0) is 0 Å². The number of hydrogen-bond donors (Lipinski definition) is 0. The second-order valence-corrected chi connectivity index (χ2v) is 6.19. The Morgan fingerprint density at radius 1 is 1.21 bits per heavy atom. The van der Waals surface area contributed by atoms with Crippen LogP contribution in [0.25, 0.3) is 10.9 Å². The van der Waals surface area contributed by atoms with E-state index in [1.54, 1.807) is 0 Å². The van der Waals surface area contributed by atoms with Crippen LogP contribution >= 0.6 is 0 Å². The van der Waals surface area contributed by atoms with Crippen molar-refractivity contribution in [3.63, 3.8) is 0 Å². The van der Waals surface area contributed by atoms with E-state index >= 15 is 0 Å². The van der Waals surface area contributed by atoms with Crippen LogP contribution in [0.5, 0.6) is 0 Å². The van der Waals surface area contributed by atoms with Crippen molar-refractivity contribution < 1.29 is 0 Å². The van der Waals surface area contributed by atoms with E-state index in [4.69, 9.17) is 0 Å². The lowest BCUT2D eigenvalue weighted by Gasteiger charge is -2.31. The van der Waals surface area contributed by atoms with Gasteiger partial charge in [0.1, 0.15) is 0 Å². The maximum absolute atomic E-state index is 2.54. The van der Waals surface area contributed by atoms with Gasteiger partial charge in [0, 0.05) is 29.7 Å². The molecule has 2 heterocycles. The van der Waals surface area contributed by atoms with Crippen molar-refractivity contribution in [2.45, 2.75) is 38.6 Å². The number of fused-ring (bicyclic) bond motifs is 1. The predicted molar refractivity (Wildman–Crippen MR) is 81.8 cm³/mol. The average Bonchev–Trinajstić information content (AvgIpc) is 2.78. The molecule has 1 aromatic heterocycles. The highest BCUT2D eigenvalue weighted by Gasteiger charge is 2.23. The third kappa shape index (κ3) is 2.30. The van der Waals surface area contributed by atoms with Crippen molar-refractivity contribution in [3.8, 4) is 0 Å². The second-order valence-electron chi connectivity index (χ2n) is 6.19. The number of likely N-dealkylation sites (tertiary alicyclic amines) is 1. The predicted octanol–water partition coefficient (Wildman–Crippen LogP) is 4.03. The van der Waals surface area contributed by atoms with Crippen LogP contribution in [0.1, 0.15) is 44.3 Å². The summed E-state index contributed by atoms with van der Waals surface area (Å²) in [7, 11) is 2.24. The van der Waals surface area contributed by atoms with Crippen LogP contribution < -0.4 is 0 Å². The number of para-hydroxylation sites is 1. The summed E-state index contributed by atoms with van der Waals surface area (Å²) >= 11 is 0. The number of rotatable bonds is 2. The zero-order chi connectivity index (χ0) is 13.4. The Morgan fingerprint density at radius 2 is 2.00 bits per heavy atom. The molecule has 2 aromatic rings. The fourth-order valence-electron chi connectivity index (χ4n) is 3.50. The van der Waals surface area contributed by atoms with Crippen LogP contribution in [0, 0.1) is 0 Å². The van der Waals surface area contributed by atoms with Crippen LogP contribution in [0.15, 0.2) is 30.3 Å². The van der Waals surface area contributed by atoms with Gasteiger partial charge in [-0.3, -0.25) is 0 Å². The molecule has 0 amide bonds. The van der Waals surface area contributed by atoms with Gasteiger partial charge in [-0.1, -0.05) is 18.2 Å². The Morgan fingerprint density at radius 3 is 2.74 bits per heavy atom. The third-order valence-corrected chi connectivity index (χ3v) is 4.34. The molecule has 1 aliphatic heterocycles. The SMILES string of the molecule is CC(C)n1c(C2CCCN(C)C2)cc2ccccc21. The van der Waals surface area contributed by atoms with Gasteiger partial charge in [0.25, 0.3) is 0 Å². The Balaban J connectivity index is 2.09. The standard InChI is InChI=1S/C17H24N2/c1-13(2)19-16-9-5-4-7-14(16)11-17(19)15-8-6-10-18(3)12-15/h4-5,7,9,11,13,15H,6,8,10,12H2,1-3H3. The smallest absolute Gasteiger partial charge is 0.0485 e. The van der Waals surface area contributed by atoms with Crippen molar-refractivity contribution in [1.82, 2.24) is 9.47 Å². The molecule has 102 valence electrons. The molecular formula is C17H24N2. The third-order valence-electron chi connectivity index (χ3n) is 4.34. The first-order valence-corrected chi connectivity index (χ1v) is 7.45. The Hall–Kier alpha value is -1.28. The quantitative estimate of drug-likeness (QED) is 0.787. The zero-order valence-corrected chi connectivity index (χ0v) is 12.3. The summed E-state index contributed by atoms with van der Waals surface area (Å²) in [6.45, 7) is 7.03. The van der Waals surface area contributed by atoms with Crippen molar-refractivity contribution in [2.24, 2.45) is 0 Å². The molecule has 1 unspecified atom stereocenters. The number of likely N-dealkylation sites (N-methyl/N-ethyl adjacent to an activating group) is 1. The topological polar surface area (TPSA) is 8.17 Å². The maximum atomic E-state index is 2.54. The molecule has 0 radical (unpaired) electrons.